The molecule has 130 valence electrons. The van der Waals surface area contributed by atoms with E-state index in [0.29, 0.717) is 13.1 Å². The van der Waals surface area contributed by atoms with Crippen LogP contribution in [0, 0.1) is 12.8 Å². The van der Waals surface area contributed by atoms with Gasteiger partial charge in [0.05, 0.1) is 18.4 Å². The third-order valence-electron chi connectivity index (χ3n) is 4.41. The minimum absolute atomic E-state index is 0.0692. The van der Waals surface area contributed by atoms with Crippen molar-refractivity contribution in [1.82, 2.24) is 10.2 Å². The third-order valence-corrected chi connectivity index (χ3v) is 4.41. The van der Waals surface area contributed by atoms with Gasteiger partial charge in [-0.1, -0.05) is 29.8 Å². The molecule has 2 atom stereocenters. The van der Waals surface area contributed by atoms with Crippen molar-refractivity contribution in [3.63, 3.8) is 0 Å². The molecule has 24 heavy (non-hydrogen) atoms. The Bertz CT molecular complexity index is 612. The van der Waals surface area contributed by atoms with Crippen LogP contribution in [0.5, 0.6) is 0 Å². The molecular formula is C18H25N3O3. The molecule has 3 amide bonds. The van der Waals surface area contributed by atoms with E-state index in [1.165, 1.54) is 6.92 Å². The normalized spacial score (nSPS) is 18.8. The van der Waals surface area contributed by atoms with Crippen LogP contribution in [0.2, 0.25) is 0 Å². The Morgan fingerprint density at radius 3 is 2.54 bits per heavy atom. The lowest BCUT2D eigenvalue weighted by molar-refractivity contribution is -0.135. The average molecular weight is 331 g/mol. The number of amides is 3. The van der Waals surface area contributed by atoms with Gasteiger partial charge in [-0.05, 0) is 25.3 Å². The van der Waals surface area contributed by atoms with E-state index in [4.69, 9.17) is 5.73 Å². The van der Waals surface area contributed by atoms with Crippen LogP contribution in [0.25, 0.3) is 0 Å². The number of primary amides is 1. The van der Waals surface area contributed by atoms with Crippen molar-refractivity contribution in [1.29, 1.82) is 0 Å². The summed E-state index contributed by atoms with van der Waals surface area (Å²) < 4.78 is 0. The second-order valence-corrected chi connectivity index (χ2v) is 6.45. The fraction of sp³-hybridized carbons (Fsp3) is 0.500. The fourth-order valence-electron chi connectivity index (χ4n) is 3.04. The molecule has 2 unspecified atom stereocenters. The van der Waals surface area contributed by atoms with Crippen molar-refractivity contribution in [2.24, 2.45) is 11.7 Å². The Morgan fingerprint density at radius 2 is 1.96 bits per heavy atom. The Labute approximate surface area is 142 Å². The highest BCUT2D eigenvalue weighted by atomic mass is 16.2. The first-order chi connectivity index (χ1) is 11.4. The Kier molecular flexibility index (Phi) is 5.95. The second-order valence-electron chi connectivity index (χ2n) is 6.45. The first kappa shape index (κ1) is 18.0. The fourth-order valence-corrected chi connectivity index (χ4v) is 3.04. The van der Waals surface area contributed by atoms with Crippen molar-refractivity contribution in [3.8, 4) is 0 Å². The van der Waals surface area contributed by atoms with Crippen molar-refractivity contribution in [2.45, 2.75) is 39.2 Å². The predicted molar refractivity (Wildman–Crippen MR) is 90.9 cm³/mol. The summed E-state index contributed by atoms with van der Waals surface area (Å²) in [7, 11) is 0. The largest absolute Gasteiger partial charge is 0.369 e. The van der Waals surface area contributed by atoms with E-state index in [9.17, 15) is 14.4 Å². The molecule has 1 heterocycles. The molecule has 0 aromatic heterocycles. The van der Waals surface area contributed by atoms with Crippen LogP contribution >= 0.6 is 0 Å². The van der Waals surface area contributed by atoms with Gasteiger partial charge in [0.15, 0.2) is 0 Å². The van der Waals surface area contributed by atoms with E-state index >= 15 is 0 Å². The highest BCUT2D eigenvalue weighted by molar-refractivity contribution is 5.81. The quantitative estimate of drug-likeness (QED) is 0.851. The number of rotatable bonds is 5. The van der Waals surface area contributed by atoms with Gasteiger partial charge in [0, 0.05) is 20.0 Å². The minimum atomic E-state index is -0.371. The van der Waals surface area contributed by atoms with Crippen LogP contribution in [0.4, 0.5) is 0 Å². The molecule has 0 saturated carbocycles. The van der Waals surface area contributed by atoms with E-state index in [1.54, 1.807) is 4.90 Å². The zero-order valence-corrected chi connectivity index (χ0v) is 14.2. The highest BCUT2D eigenvalue weighted by Gasteiger charge is 2.28. The van der Waals surface area contributed by atoms with Gasteiger partial charge in [-0.25, -0.2) is 0 Å². The first-order valence-corrected chi connectivity index (χ1v) is 8.27. The van der Waals surface area contributed by atoms with E-state index in [-0.39, 0.29) is 36.1 Å². The lowest BCUT2D eigenvalue weighted by Gasteiger charge is -2.32. The maximum Gasteiger partial charge on any atom is 0.225 e. The number of likely N-dealkylation sites (tertiary alicyclic amines) is 1. The number of hydrogen-bond acceptors (Lipinski definition) is 3. The van der Waals surface area contributed by atoms with Crippen LogP contribution in [0.3, 0.4) is 0 Å². The Balaban J connectivity index is 2.08. The first-order valence-electron chi connectivity index (χ1n) is 8.27. The molecule has 1 fully saturated rings. The molecule has 1 aliphatic heterocycles. The molecule has 1 aromatic carbocycles. The number of piperidine rings is 1. The molecule has 3 N–H and O–H groups in total. The molecule has 1 aromatic rings. The summed E-state index contributed by atoms with van der Waals surface area (Å²) in [6.07, 6.45) is 1.68. The Hall–Kier alpha value is -2.37. The van der Waals surface area contributed by atoms with Crippen LogP contribution in [0.1, 0.15) is 43.4 Å². The summed E-state index contributed by atoms with van der Waals surface area (Å²) in [6.45, 7) is 4.42. The zero-order valence-electron chi connectivity index (χ0n) is 14.2. The number of nitrogens with two attached hydrogens (primary N) is 1. The van der Waals surface area contributed by atoms with Gasteiger partial charge in [0.25, 0.3) is 0 Å². The number of benzene rings is 1. The molecule has 6 nitrogen and oxygen atoms in total. The van der Waals surface area contributed by atoms with E-state index in [0.717, 1.165) is 24.0 Å². The smallest absolute Gasteiger partial charge is 0.225 e. The van der Waals surface area contributed by atoms with Gasteiger partial charge < -0.3 is 16.0 Å². The van der Waals surface area contributed by atoms with Crippen LogP contribution in [-0.2, 0) is 14.4 Å². The third kappa shape index (κ3) is 4.81. The maximum atomic E-state index is 12.6. The molecule has 2 rings (SSSR count). The van der Waals surface area contributed by atoms with Crippen LogP contribution in [-0.4, -0.2) is 35.7 Å². The summed E-state index contributed by atoms with van der Waals surface area (Å²) >= 11 is 0. The van der Waals surface area contributed by atoms with Crippen LogP contribution in [0.15, 0.2) is 24.3 Å². The minimum Gasteiger partial charge on any atom is -0.369 e. The van der Waals surface area contributed by atoms with E-state index in [1.807, 2.05) is 31.2 Å². The number of hydrogen-bond donors (Lipinski definition) is 2. The molecule has 1 aliphatic rings. The van der Waals surface area contributed by atoms with Gasteiger partial charge in [-0.3, -0.25) is 14.4 Å². The van der Waals surface area contributed by atoms with Gasteiger partial charge in [0.2, 0.25) is 17.7 Å². The lowest BCUT2D eigenvalue weighted by atomic mass is 9.96. The van der Waals surface area contributed by atoms with Gasteiger partial charge >= 0.3 is 0 Å². The monoisotopic (exact) mass is 331 g/mol. The molecular weight excluding hydrogens is 306 g/mol. The Morgan fingerprint density at radius 1 is 1.29 bits per heavy atom. The lowest BCUT2D eigenvalue weighted by Crippen LogP contribution is -2.45. The SMILES string of the molecule is CC(=O)NC(CC(=O)N1CCCC(C(N)=O)C1)c1ccc(C)cc1. The molecule has 0 radical (unpaired) electrons. The van der Waals surface area contributed by atoms with Crippen molar-refractivity contribution >= 4 is 17.7 Å². The molecule has 6 heteroatoms. The van der Waals surface area contributed by atoms with Gasteiger partial charge in [0.1, 0.15) is 0 Å². The molecule has 0 bridgehead atoms. The van der Waals surface area contributed by atoms with Crippen molar-refractivity contribution in [2.75, 3.05) is 13.1 Å². The summed E-state index contributed by atoms with van der Waals surface area (Å²) in [5.74, 6) is -0.881. The van der Waals surface area contributed by atoms with Crippen molar-refractivity contribution < 1.29 is 14.4 Å². The summed E-state index contributed by atoms with van der Waals surface area (Å²) in [5.41, 5.74) is 7.38. The zero-order chi connectivity index (χ0) is 17.7. The predicted octanol–water partition coefficient (Wildman–Crippen LogP) is 1.29. The molecule has 0 spiro atoms. The average Bonchev–Trinajstić information content (AvgIpc) is 2.54. The summed E-state index contributed by atoms with van der Waals surface area (Å²) in [6, 6.07) is 7.39. The maximum absolute atomic E-state index is 12.6. The second kappa shape index (κ2) is 7.95. The topological polar surface area (TPSA) is 92.5 Å². The summed E-state index contributed by atoms with van der Waals surface area (Å²) in [4.78, 5) is 37.2. The van der Waals surface area contributed by atoms with Crippen molar-refractivity contribution in [3.05, 3.63) is 35.4 Å². The van der Waals surface area contributed by atoms with E-state index in [2.05, 4.69) is 5.32 Å². The standard InChI is InChI=1S/C18H25N3O3/c1-12-5-7-14(8-6-12)16(20-13(2)22)10-17(23)21-9-3-4-15(11-21)18(19)24/h5-8,15-16H,3-4,9-11H2,1-2H3,(H2,19,24)(H,20,22). The number of carbonyl (C=O) groups is 3. The highest BCUT2D eigenvalue weighted by Crippen LogP contribution is 2.22. The van der Waals surface area contributed by atoms with E-state index < -0.39 is 0 Å². The number of carbonyl (C=O) groups excluding carboxylic acids is 3. The van der Waals surface area contributed by atoms with Gasteiger partial charge in [-0.2, -0.15) is 0 Å². The van der Waals surface area contributed by atoms with Gasteiger partial charge in [-0.15, -0.1) is 0 Å². The van der Waals surface area contributed by atoms with Crippen LogP contribution < -0.4 is 11.1 Å². The molecule has 1 saturated heterocycles. The number of aryl methyl sites for hydroxylation is 1. The number of nitrogens with one attached hydrogen (secondary N) is 1. The number of nitrogens with zero attached hydrogens (tertiary/aromatic N) is 1. The molecule has 0 aliphatic carbocycles. The summed E-state index contributed by atoms with van der Waals surface area (Å²) in [5, 5.41) is 2.84.